The number of nitrogens with zero attached hydrogens (tertiary/aromatic N) is 2. The highest BCUT2D eigenvalue weighted by molar-refractivity contribution is 6.00. The first-order chi connectivity index (χ1) is 14.5. The Labute approximate surface area is 174 Å². The van der Waals surface area contributed by atoms with Crippen LogP contribution in [-0.2, 0) is 30.9 Å². The van der Waals surface area contributed by atoms with E-state index in [2.05, 4.69) is 0 Å². The van der Waals surface area contributed by atoms with Crippen LogP contribution in [0.4, 0.5) is 4.79 Å². The van der Waals surface area contributed by atoms with E-state index in [0.29, 0.717) is 37.0 Å². The van der Waals surface area contributed by atoms with Gasteiger partial charge in [-0.25, -0.2) is 9.36 Å². The summed E-state index contributed by atoms with van der Waals surface area (Å²) in [5.41, 5.74) is 2.14. The van der Waals surface area contributed by atoms with Gasteiger partial charge in [-0.15, -0.1) is 0 Å². The molecule has 1 aliphatic carbocycles. The number of piperidine rings is 2. The van der Waals surface area contributed by atoms with E-state index in [1.165, 1.54) is 18.8 Å². The lowest BCUT2D eigenvalue weighted by Gasteiger charge is -2.54. The smallest absolute Gasteiger partial charge is 0.418 e. The number of esters is 1. The van der Waals surface area contributed by atoms with E-state index in [1.54, 1.807) is 0 Å². The van der Waals surface area contributed by atoms with Crippen molar-refractivity contribution < 1.29 is 23.9 Å². The van der Waals surface area contributed by atoms with Gasteiger partial charge in [0.2, 0.25) is 5.91 Å². The third-order valence-electron chi connectivity index (χ3n) is 7.09. The molecule has 1 amide bonds. The van der Waals surface area contributed by atoms with Crippen LogP contribution in [-0.4, -0.2) is 54.2 Å². The van der Waals surface area contributed by atoms with E-state index < -0.39 is 23.5 Å². The number of amides is 1. The molecule has 1 aromatic heterocycles. The number of carbonyl (C=O) groups is 3. The van der Waals surface area contributed by atoms with Crippen LogP contribution in [0, 0.1) is 5.92 Å². The first-order valence-electron chi connectivity index (χ1n) is 10.2. The number of fused-ring (bicyclic) bond motifs is 4. The van der Waals surface area contributed by atoms with E-state index in [-0.39, 0.29) is 11.8 Å². The Hall–Kier alpha value is -3.09. The second-order valence-corrected chi connectivity index (χ2v) is 8.27. The van der Waals surface area contributed by atoms with Crippen molar-refractivity contribution >= 4 is 28.9 Å². The predicted molar refractivity (Wildman–Crippen MR) is 109 cm³/mol. The van der Waals surface area contributed by atoms with Crippen molar-refractivity contribution in [3.63, 3.8) is 0 Å². The SMILES string of the molecule is C/C=C1\CC2CC3(C(=O)OC)c4c(c5ccccc5n4C(=O)OC)CCN(C2=O)C13. The molecule has 2 aromatic rings. The zero-order valence-corrected chi connectivity index (χ0v) is 17.3. The van der Waals surface area contributed by atoms with Gasteiger partial charge in [0.15, 0.2) is 0 Å². The minimum atomic E-state index is -1.15. The molecule has 0 spiro atoms. The largest absolute Gasteiger partial charge is 0.468 e. The molecule has 4 heterocycles. The van der Waals surface area contributed by atoms with E-state index >= 15 is 0 Å². The molecule has 4 aliphatic rings. The molecular weight excluding hydrogens is 384 g/mol. The average Bonchev–Trinajstić information content (AvgIpc) is 3.05. The summed E-state index contributed by atoms with van der Waals surface area (Å²) >= 11 is 0. The Morgan fingerprint density at radius 1 is 1.20 bits per heavy atom. The van der Waals surface area contributed by atoms with Gasteiger partial charge in [0.05, 0.1) is 31.5 Å². The summed E-state index contributed by atoms with van der Waals surface area (Å²) < 4.78 is 12.0. The normalized spacial score (nSPS) is 28.4. The van der Waals surface area contributed by atoms with Crippen LogP contribution in [0.3, 0.4) is 0 Å². The topological polar surface area (TPSA) is 77.8 Å². The van der Waals surface area contributed by atoms with Crippen molar-refractivity contribution in [2.24, 2.45) is 5.92 Å². The highest BCUT2D eigenvalue weighted by Crippen LogP contribution is 2.55. The van der Waals surface area contributed by atoms with Crippen LogP contribution in [0.25, 0.3) is 10.9 Å². The molecule has 6 rings (SSSR count). The molecule has 7 heteroatoms. The molecule has 4 bridgehead atoms. The standard InChI is InChI=1S/C23H24N2O5/c1-4-13-11-14-12-23(21(27)29-2)18(13)24(20(14)26)10-9-16-15-7-5-6-8-17(15)25(19(16)23)22(28)30-3/h4-8,14,18H,9-12H2,1-3H3/b13-4+. The fraction of sp³-hybridized carbons (Fsp3) is 0.435. The molecular formula is C23H24N2O5. The molecule has 0 N–H and O–H groups in total. The van der Waals surface area contributed by atoms with Crippen LogP contribution in [0.2, 0.25) is 0 Å². The molecule has 30 heavy (non-hydrogen) atoms. The molecule has 3 unspecified atom stereocenters. The Morgan fingerprint density at radius 3 is 2.67 bits per heavy atom. The monoisotopic (exact) mass is 408 g/mol. The van der Waals surface area contributed by atoms with Crippen molar-refractivity contribution in [2.45, 2.75) is 37.6 Å². The maximum atomic E-state index is 13.6. The third kappa shape index (κ3) is 2.12. The number of para-hydroxylation sites is 1. The van der Waals surface area contributed by atoms with Gasteiger partial charge in [-0.3, -0.25) is 9.59 Å². The predicted octanol–water partition coefficient (Wildman–Crippen LogP) is 2.79. The van der Waals surface area contributed by atoms with Crippen molar-refractivity contribution in [1.82, 2.24) is 9.47 Å². The molecule has 1 saturated carbocycles. The van der Waals surface area contributed by atoms with E-state index in [1.807, 2.05) is 42.2 Å². The summed E-state index contributed by atoms with van der Waals surface area (Å²) in [6.07, 6.45) is 2.99. The quantitative estimate of drug-likeness (QED) is 0.536. The number of ether oxygens (including phenoxy) is 2. The highest BCUT2D eigenvalue weighted by Gasteiger charge is 2.65. The third-order valence-corrected chi connectivity index (χ3v) is 7.09. The Kier molecular flexibility index (Phi) is 4.07. The van der Waals surface area contributed by atoms with Crippen molar-refractivity contribution in [3.8, 4) is 0 Å². The molecule has 3 aliphatic heterocycles. The van der Waals surface area contributed by atoms with Crippen LogP contribution in [0.1, 0.15) is 31.0 Å². The van der Waals surface area contributed by atoms with Gasteiger partial charge in [-0.1, -0.05) is 24.3 Å². The van der Waals surface area contributed by atoms with Crippen molar-refractivity contribution in [2.75, 3.05) is 20.8 Å². The molecule has 2 saturated heterocycles. The van der Waals surface area contributed by atoms with Crippen LogP contribution in [0.15, 0.2) is 35.9 Å². The minimum absolute atomic E-state index is 0.0872. The first kappa shape index (κ1) is 18.9. The maximum Gasteiger partial charge on any atom is 0.418 e. The fourth-order valence-corrected chi connectivity index (χ4v) is 6.04. The Morgan fingerprint density at radius 2 is 1.97 bits per heavy atom. The number of aromatic nitrogens is 1. The van der Waals surface area contributed by atoms with Crippen LogP contribution in [0.5, 0.6) is 0 Å². The van der Waals surface area contributed by atoms with Crippen molar-refractivity contribution in [1.29, 1.82) is 0 Å². The number of carbonyl (C=O) groups excluding carboxylic acids is 3. The molecule has 3 fully saturated rings. The van der Waals surface area contributed by atoms with E-state index in [0.717, 1.165) is 16.5 Å². The molecule has 156 valence electrons. The molecule has 1 aromatic carbocycles. The summed E-state index contributed by atoms with van der Waals surface area (Å²) in [4.78, 5) is 41.5. The minimum Gasteiger partial charge on any atom is -0.468 e. The number of rotatable bonds is 1. The second-order valence-electron chi connectivity index (χ2n) is 8.27. The summed E-state index contributed by atoms with van der Waals surface area (Å²) in [5, 5.41) is 0.903. The number of allylic oxidation sites excluding steroid dienone is 1. The zero-order chi connectivity index (χ0) is 21.2. The lowest BCUT2D eigenvalue weighted by Crippen LogP contribution is -2.67. The van der Waals surface area contributed by atoms with Crippen molar-refractivity contribution in [3.05, 3.63) is 47.2 Å². The lowest BCUT2D eigenvalue weighted by atomic mass is 9.58. The van der Waals surface area contributed by atoms with Gasteiger partial charge < -0.3 is 14.4 Å². The van der Waals surface area contributed by atoms with Gasteiger partial charge in [0, 0.05) is 17.8 Å². The number of hydrogen-bond acceptors (Lipinski definition) is 5. The summed E-state index contributed by atoms with van der Waals surface area (Å²) in [7, 11) is 2.71. The molecule has 3 atom stereocenters. The zero-order valence-electron chi connectivity index (χ0n) is 17.3. The van der Waals surface area contributed by atoms with Crippen LogP contribution < -0.4 is 0 Å². The van der Waals surface area contributed by atoms with Gasteiger partial charge in [0.25, 0.3) is 0 Å². The average molecular weight is 408 g/mol. The van der Waals surface area contributed by atoms with Gasteiger partial charge >= 0.3 is 12.1 Å². The number of methoxy groups -OCH3 is 2. The Balaban J connectivity index is 1.93. The molecule has 7 nitrogen and oxygen atoms in total. The van der Waals surface area contributed by atoms with E-state index in [9.17, 15) is 14.4 Å². The highest BCUT2D eigenvalue weighted by atomic mass is 16.5. The fourth-order valence-electron chi connectivity index (χ4n) is 6.04. The Bertz CT molecular complexity index is 1130. The molecule has 0 radical (unpaired) electrons. The number of benzene rings is 1. The second kappa shape index (κ2) is 6.45. The number of hydrogen-bond donors (Lipinski definition) is 0. The summed E-state index contributed by atoms with van der Waals surface area (Å²) in [5.74, 6) is -0.635. The van der Waals surface area contributed by atoms with Gasteiger partial charge in [0.1, 0.15) is 5.41 Å². The first-order valence-corrected chi connectivity index (χ1v) is 10.2. The lowest BCUT2D eigenvalue weighted by molar-refractivity contribution is -0.163. The van der Waals surface area contributed by atoms with Gasteiger partial charge in [-0.2, -0.15) is 0 Å². The van der Waals surface area contributed by atoms with Crippen LogP contribution >= 0.6 is 0 Å². The maximum absolute atomic E-state index is 13.6. The van der Waals surface area contributed by atoms with E-state index in [4.69, 9.17) is 9.47 Å². The summed E-state index contributed by atoms with van der Waals surface area (Å²) in [6, 6.07) is 7.15. The summed E-state index contributed by atoms with van der Waals surface area (Å²) in [6.45, 7) is 2.44. The van der Waals surface area contributed by atoms with Gasteiger partial charge in [-0.05, 0) is 43.4 Å².